The van der Waals surface area contributed by atoms with Crippen molar-refractivity contribution in [2.24, 2.45) is 5.92 Å². The zero-order valence-corrected chi connectivity index (χ0v) is 15.6. The highest BCUT2D eigenvalue weighted by Gasteiger charge is 2.45. The first kappa shape index (κ1) is 17.4. The summed E-state index contributed by atoms with van der Waals surface area (Å²) in [5.74, 6) is -0.774. The zero-order valence-electron chi connectivity index (χ0n) is 15.6. The van der Waals surface area contributed by atoms with E-state index in [1.807, 2.05) is 31.4 Å². The molecule has 3 atom stereocenters. The van der Waals surface area contributed by atoms with Crippen molar-refractivity contribution >= 4 is 22.8 Å². The van der Waals surface area contributed by atoms with Crippen LogP contribution in [0.15, 0.2) is 54.3 Å². The molecule has 140 valence electrons. The smallest absolute Gasteiger partial charge is 0.330 e. The molecule has 4 rings (SSSR count). The highest BCUT2D eigenvalue weighted by atomic mass is 16.5. The van der Waals surface area contributed by atoms with Crippen LogP contribution in [0.25, 0.3) is 10.9 Å². The lowest BCUT2D eigenvalue weighted by Crippen LogP contribution is -2.42. The van der Waals surface area contributed by atoms with E-state index < -0.39 is 12.0 Å². The van der Waals surface area contributed by atoms with Gasteiger partial charge in [0.05, 0.1) is 20.3 Å². The summed E-state index contributed by atoms with van der Waals surface area (Å²) in [5, 5.41) is 1.11. The quantitative estimate of drug-likeness (QED) is 0.617. The lowest BCUT2D eigenvalue weighted by Gasteiger charge is -2.45. The molecule has 0 N–H and O–H groups in total. The van der Waals surface area contributed by atoms with Crippen LogP contribution >= 0.6 is 0 Å². The number of fused-ring (bicyclic) bond motifs is 6. The molecular formula is C21H22N2O4. The molecule has 0 aliphatic carbocycles. The first-order valence-corrected chi connectivity index (χ1v) is 8.92. The minimum Gasteiger partial charge on any atom is -0.467 e. The Balaban J connectivity index is 1.88. The maximum Gasteiger partial charge on any atom is 0.330 e. The zero-order chi connectivity index (χ0) is 19.1. The van der Waals surface area contributed by atoms with E-state index >= 15 is 0 Å². The average molecular weight is 366 g/mol. The predicted molar refractivity (Wildman–Crippen MR) is 101 cm³/mol. The van der Waals surface area contributed by atoms with Crippen LogP contribution in [0, 0.1) is 5.92 Å². The molecule has 0 radical (unpaired) electrons. The molecule has 0 saturated heterocycles. The molecule has 6 nitrogen and oxygen atoms in total. The number of methoxy groups -OCH3 is 2. The van der Waals surface area contributed by atoms with E-state index in [2.05, 4.69) is 21.6 Å². The van der Waals surface area contributed by atoms with E-state index in [-0.39, 0.29) is 17.9 Å². The number of carbonyl (C=O) groups is 2. The summed E-state index contributed by atoms with van der Waals surface area (Å²) in [6.45, 7) is 0. The molecular weight excluding hydrogens is 344 g/mol. The monoisotopic (exact) mass is 366 g/mol. The molecule has 1 aromatic carbocycles. The number of aromatic nitrogens is 1. The van der Waals surface area contributed by atoms with Gasteiger partial charge in [0.25, 0.3) is 0 Å². The van der Waals surface area contributed by atoms with Gasteiger partial charge in [-0.3, -0.25) is 0 Å². The van der Waals surface area contributed by atoms with Crippen LogP contribution < -0.4 is 0 Å². The molecule has 1 aromatic heterocycles. The van der Waals surface area contributed by atoms with Crippen molar-refractivity contribution in [1.82, 2.24) is 9.47 Å². The minimum absolute atomic E-state index is 0.0807. The number of benzene rings is 1. The van der Waals surface area contributed by atoms with Gasteiger partial charge >= 0.3 is 11.9 Å². The fourth-order valence-electron chi connectivity index (χ4n) is 4.34. The number of allylic oxidation sites excluding steroid dienone is 2. The molecule has 2 aliphatic rings. The molecule has 2 aromatic rings. The molecule has 6 heteroatoms. The third-order valence-electron chi connectivity index (χ3n) is 5.58. The van der Waals surface area contributed by atoms with E-state index in [1.165, 1.54) is 20.3 Å². The van der Waals surface area contributed by atoms with Crippen LogP contribution in [0.5, 0.6) is 0 Å². The fourth-order valence-corrected chi connectivity index (χ4v) is 4.34. The number of para-hydroxylation sites is 1. The fraction of sp³-hybridized carbons (Fsp3) is 0.333. The highest BCUT2D eigenvalue weighted by Crippen LogP contribution is 2.49. The van der Waals surface area contributed by atoms with Gasteiger partial charge in [0.2, 0.25) is 0 Å². The summed E-state index contributed by atoms with van der Waals surface area (Å²) < 4.78 is 12.0. The highest BCUT2D eigenvalue weighted by molar-refractivity contribution is 5.86. The van der Waals surface area contributed by atoms with Crippen molar-refractivity contribution in [1.29, 1.82) is 0 Å². The standard InChI is InChI=1S/C21H22N2O4/c1-22-12-14(8-9-19(24)26-2)15-11-17(22)18-10-13-6-4-5-7-16(13)23(18)20(15)21(25)27-3/h4-10,12,15,17,20H,11H2,1-3H3/b9-8+/t15-,17-,20+/m0/s1. The Bertz CT molecular complexity index is 972. The van der Waals surface area contributed by atoms with Gasteiger partial charge in [-0.15, -0.1) is 0 Å². The van der Waals surface area contributed by atoms with Gasteiger partial charge in [0.15, 0.2) is 0 Å². The van der Waals surface area contributed by atoms with E-state index in [0.29, 0.717) is 0 Å². The second-order valence-corrected chi connectivity index (χ2v) is 6.98. The number of hydrogen-bond donors (Lipinski definition) is 0. The maximum atomic E-state index is 12.8. The SMILES string of the molecule is COC(=O)/C=C/C1=CN(C)[C@H]2C[C@@H]1[C@H](C(=O)OC)n1c2cc2ccccc21. The summed E-state index contributed by atoms with van der Waals surface area (Å²) in [6.07, 6.45) is 5.94. The number of carbonyl (C=O) groups excluding carboxylic acids is 2. The number of esters is 2. The molecule has 0 spiro atoms. The van der Waals surface area contributed by atoms with Crippen LogP contribution in [-0.4, -0.2) is 42.7 Å². The van der Waals surface area contributed by atoms with Crippen LogP contribution in [0.2, 0.25) is 0 Å². The molecule has 0 saturated carbocycles. The van der Waals surface area contributed by atoms with Gasteiger partial charge in [-0.1, -0.05) is 18.2 Å². The molecule has 27 heavy (non-hydrogen) atoms. The number of ether oxygens (including phenoxy) is 2. The third-order valence-corrected chi connectivity index (χ3v) is 5.58. The van der Waals surface area contributed by atoms with Gasteiger partial charge < -0.3 is 18.9 Å². The molecule has 3 heterocycles. The number of hydrogen-bond acceptors (Lipinski definition) is 5. The van der Waals surface area contributed by atoms with Crippen molar-refractivity contribution in [2.45, 2.75) is 18.5 Å². The normalized spacial score (nSPS) is 23.9. The Morgan fingerprint density at radius 1 is 1.19 bits per heavy atom. The van der Waals surface area contributed by atoms with Crippen molar-refractivity contribution in [2.75, 3.05) is 21.3 Å². The Morgan fingerprint density at radius 3 is 2.70 bits per heavy atom. The first-order valence-electron chi connectivity index (χ1n) is 8.92. The lowest BCUT2D eigenvalue weighted by atomic mass is 9.78. The van der Waals surface area contributed by atoms with Crippen molar-refractivity contribution in [3.63, 3.8) is 0 Å². The molecule has 2 bridgehead atoms. The van der Waals surface area contributed by atoms with Crippen LogP contribution in [0.3, 0.4) is 0 Å². The van der Waals surface area contributed by atoms with Gasteiger partial charge in [0, 0.05) is 36.5 Å². The van der Waals surface area contributed by atoms with Gasteiger partial charge in [0.1, 0.15) is 6.04 Å². The minimum atomic E-state index is -0.469. The molecule has 0 fully saturated rings. The van der Waals surface area contributed by atoms with E-state index in [9.17, 15) is 9.59 Å². The van der Waals surface area contributed by atoms with E-state index in [4.69, 9.17) is 9.47 Å². The Kier molecular flexibility index (Phi) is 4.26. The van der Waals surface area contributed by atoms with E-state index in [1.54, 1.807) is 6.08 Å². The average Bonchev–Trinajstić information content (AvgIpc) is 3.07. The predicted octanol–water partition coefficient (Wildman–Crippen LogP) is 2.97. The Morgan fingerprint density at radius 2 is 1.96 bits per heavy atom. The van der Waals surface area contributed by atoms with Gasteiger partial charge in [-0.25, -0.2) is 9.59 Å². The second-order valence-electron chi connectivity index (χ2n) is 6.98. The Labute approximate surface area is 157 Å². The van der Waals surface area contributed by atoms with E-state index in [0.717, 1.165) is 28.6 Å². The topological polar surface area (TPSA) is 60.8 Å². The molecule has 2 aliphatic heterocycles. The number of rotatable bonds is 3. The van der Waals surface area contributed by atoms with Crippen molar-refractivity contribution < 1.29 is 19.1 Å². The molecule has 0 unspecified atom stereocenters. The summed E-state index contributed by atoms with van der Waals surface area (Å²) in [6, 6.07) is 9.92. The van der Waals surface area contributed by atoms with Gasteiger partial charge in [-0.2, -0.15) is 0 Å². The summed E-state index contributed by atoms with van der Waals surface area (Å²) >= 11 is 0. The Hall–Kier alpha value is -3.02. The van der Waals surface area contributed by atoms with Crippen LogP contribution in [0.1, 0.15) is 24.2 Å². The van der Waals surface area contributed by atoms with Crippen LogP contribution in [0.4, 0.5) is 0 Å². The third kappa shape index (κ3) is 2.72. The summed E-state index contributed by atoms with van der Waals surface area (Å²) in [4.78, 5) is 26.5. The second kappa shape index (κ2) is 6.61. The van der Waals surface area contributed by atoms with Crippen molar-refractivity contribution in [3.05, 3.63) is 60.0 Å². The molecule has 0 amide bonds. The van der Waals surface area contributed by atoms with Gasteiger partial charge in [-0.05, 0) is 35.6 Å². The largest absolute Gasteiger partial charge is 0.467 e. The number of nitrogens with zero attached hydrogens (tertiary/aromatic N) is 2. The summed E-state index contributed by atoms with van der Waals surface area (Å²) in [5.41, 5.74) is 3.04. The lowest BCUT2D eigenvalue weighted by molar-refractivity contribution is -0.147. The van der Waals surface area contributed by atoms with Crippen LogP contribution in [-0.2, 0) is 19.1 Å². The van der Waals surface area contributed by atoms with Crippen molar-refractivity contribution in [3.8, 4) is 0 Å². The summed E-state index contributed by atoms with van der Waals surface area (Å²) in [7, 11) is 4.79. The first-order chi connectivity index (χ1) is 13.0. The maximum absolute atomic E-state index is 12.8.